The van der Waals surface area contributed by atoms with Crippen LogP contribution in [0.5, 0.6) is 0 Å². The molecular weight excluding hydrogens is 216 g/mol. The Bertz CT molecular complexity index is 387. The minimum Gasteiger partial charge on any atom is -0.297 e. The van der Waals surface area contributed by atoms with Crippen molar-refractivity contribution in [3.05, 3.63) is 29.8 Å². The third-order valence-corrected chi connectivity index (χ3v) is 1.71. The Balaban J connectivity index is 2.59. The van der Waals surface area contributed by atoms with Gasteiger partial charge in [0.15, 0.2) is 0 Å². The Hall–Kier alpha value is -1.55. The molecule has 1 rings (SSSR count). The van der Waals surface area contributed by atoms with E-state index in [-0.39, 0.29) is 5.17 Å². The number of nitrogens with one attached hydrogen (secondary N) is 1. The lowest BCUT2D eigenvalue weighted by atomic mass is 10.2. The second-order valence-corrected chi connectivity index (χ2v) is 3.45. The van der Waals surface area contributed by atoms with Gasteiger partial charge in [0.25, 0.3) is 0 Å². The molecule has 0 fully saturated rings. The molecule has 0 spiro atoms. The summed E-state index contributed by atoms with van der Waals surface area (Å²) in [5, 5.41) is 6.02. The summed E-state index contributed by atoms with van der Waals surface area (Å²) in [6, 6.07) is 7.35. The number of aryl methyl sites for hydroxylation is 1. The van der Waals surface area contributed by atoms with E-state index in [0.29, 0.717) is 5.69 Å². The number of hydrogen-bond acceptors (Lipinski definition) is 3. The number of amides is 1. The number of rotatable bonds is 2. The molecule has 80 valence electrons. The standard InChI is InChI=1S/C10H11ClN2O2/c1-7-5-3-4-6-9(7)12-10(14)15-13-8(2)11/h3-6H,1-2H3,(H,12,14)/b13-8-. The van der Waals surface area contributed by atoms with Gasteiger partial charge in [0.05, 0.1) is 0 Å². The summed E-state index contributed by atoms with van der Waals surface area (Å²) in [5.74, 6) is 0. The summed E-state index contributed by atoms with van der Waals surface area (Å²) < 4.78 is 0. The van der Waals surface area contributed by atoms with Gasteiger partial charge in [-0.1, -0.05) is 35.0 Å². The first-order chi connectivity index (χ1) is 7.09. The molecule has 0 unspecified atom stereocenters. The van der Waals surface area contributed by atoms with Crippen molar-refractivity contribution in [2.75, 3.05) is 5.32 Å². The summed E-state index contributed by atoms with van der Waals surface area (Å²) in [5.41, 5.74) is 1.63. The number of benzene rings is 1. The monoisotopic (exact) mass is 226 g/mol. The van der Waals surface area contributed by atoms with E-state index in [4.69, 9.17) is 11.6 Å². The van der Waals surface area contributed by atoms with Crippen molar-refractivity contribution in [1.82, 2.24) is 0 Å². The number of nitrogens with zero attached hydrogens (tertiary/aromatic N) is 1. The van der Waals surface area contributed by atoms with Gasteiger partial charge in [-0.25, -0.2) is 4.79 Å². The molecule has 0 aliphatic rings. The third kappa shape index (κ3) is 3.99. The normalized spacial score (nSPS) is 11.0. The molecular formula is C10H11ClN2O2. The van der Waals surface area contributed by atoms with Crippen LogP contribution in [0.4, 0.5) is 10.5 Å². The number of anilines is 1. The molecule has 0 saturated heterocycles. The molecule has 5 heteroatoms. The zero-order valence-corrected chi connectivity index (χ0v) is 9.21. The Kier molecular flexibility index (Phi) is 4.12. The number of oxime groups is 1. The zero-order chi connectivity index (χ0) is 11.3. The predicted octanol–water partition coefficient (Wildman–Crippen LogP) is 3.12. The molecule has 0 aromatic heterocycles. The topological polar surface area (TPSA) is 50.7 Å². The molecule has 1 aromatic carbocycles. The molecule has 0 bridgehead atoms. The predicted molar refractivity (Wildman–Crippen MR) is 60.2 cm³/mol. The van der Waals surface area contributed by atoms with Gasteiger partial charge in [-0.3, -0.25) is 10.2 Å². The van der Waals surface area contributed by atoms with Gasteiger partial charge in [0.2, 0.25) is 0 Å². The van der Waals surface area contributed by atoms with Gasteiger partial charge in [0.1, 0.15) is 5.17 Å². The number of halogens is 1. The van der Waals surface area contributed by atoms with Crippen LogP contribution in [-0.2, 0) is 4.84 Å². The summed E-state index contributed by atoms with van der Waals surface area (Å²) in [6.07, 6.45) is -0.663. The Morgan fingerprint density at radius 1 is 1.47 bits per heavy atom. The first-order valence-electron chi connectivity index (χ1n) is 4.33. The largest absolute Gasteiger partial charge is 0.437 e. The Morgan fingerprint density at radius 2 is 2.13 bits per heavy atom. The van der Waals surface area contributed by atoms with Crippen molar-refractivity contribution >= 4 is 28.6 Å². The summed E-state index contributed by atoms with van der Waals surface area (Å²) in [6.45, 7) is 3.40. The van der Waals surface area contributed by atoms with Crippen LogP contribution in [0, 0.1) is 6.92 Å². The molecule has 0 saturated carbocycles. The van der Waals surface area contributed by atoms with Crippen molar-refractivity contribution in [2.24, 2.45) is 5.16 Å². The summed E-state index contributed by atoms with van der Waals surface area (Å²) in [7, 11) is 0. The third-order valence-electron chi connectivity index (χ3n) is 1.64. The summed E-state index contributed by atoms with van der Waals surface area (Å²) in [4.78, 5) is 15.6. The Morgan fingerprint density at radius 3 is 2.73 bits per heavy atom. The van der Waals surface area contributed by atoms with Crippen LogP contribution in [0.2, 0.25) is 0 Å². The minimum atomic E-state index is -0.663. The van der Waals surface area contributed by atoms with Crippen molar-refractivity contribution in [2.45, 2.75) is 13.8 Å². The number of carbonyl (C=O) groups excluding carboxylic acids is 1. The molecule has 0 atom stereocenters. The molecule has 4 nitrogen and oxygen atoms in total. The van der Waals surface area contributed by atoms with Gasteiger partial charge >= 0.3 is 6.09 Å². The second-order valence-electron chi connectivity index (χ2n) is 2.91. The highest BCUT2D eigenvalue weighted by Gasteiger charge is 2.04. The first-order valence-corrected chi connectivity index (χ1v) is 4.71. The molecule has 0 heterocycles. The van der Waals surface area contributed by atoms with E-state index < -0.39 is 6.09 Å². The molecule has 1 aromatic rings. The maximum Gasteiger partial charge on any atom is 0.437 e. The average molecular weight is 227 g/mol. The quantitative estimate of drug-likeness (QED) is 0.479. The molecule has 15 heavy (non-hydrogen) atoms. The van der Waals surface area contributed by atoms with E-state index in [2.05, 4.69) is 15.3 Å². The second kappa shape index (κ2) is 5.36. The Labute approximate surface area is 92.9 Å². The fourth-order valence-electron chi connectivity index (χ4n) is 0.950. The first kappa shape index (κ1) is 11.5. The van der Waals surface area contributed by atoms with Gasteiger partial charge in [-0.2, -0.15) is 0 Å². The highest BCUT2D eigenvalue weighted by molar-refractivity contribution is 6.64. The van der Waals surface area contributed by atoms with E-state index in [1.54, 1.807) is 6.07 Å². The SMILES string of the molecule is C/C(Cl)=N/OC(=O)Nc1ccccc1C. The van der Waals surface area contributed by atoms with Crippen LogP contribution in [0.15, 0.2) is 29.4 Å². The summed E-state index contributed by atoms with van der Waals surface area (Å²) >= 11 is 5.40. The number of para-hydroxylation sites is 1. The van der Waals surface area contributed by atoms with Gasteiger partial charge in [-0.05, 0) is 25.5 Å². The van der Waals surface area contributed by atoms with Crippen LogP contribution in [0.3, 0.4) is 0 Å². The lowest BCUT2D eigenvalue weighted by Gasteiger charge is -2.05. The van der Waals surface area contributed by atoms with Crippen molar-refractivity contribution in [3.8, 4) is 0 Å². The molecule has 0 aliphatic carbocycles. The highest BCUT2D eigenvalue weighted by atomic mass is 35.5. The van der Waals surface area contributed by atoms with Crippen molar-refractivity contribution in [3.63, 3.8) is 0 Å². The lowest BCUT2D eigenvalue weighted by Crippen LogP contribution is -2.11. The van der Waals surface area contributed by atoms with E-state index in [1.807, 2.05) is 25.1 Å². The van der Waals surface area contributed by atoms with Gasteiger partial charge < -0.3 is 0 Å². The maximum absolute atomic E-state index is 11.2. The fourth-order valence-corrected chi connectivity index (χ4v) is 0.985. The van der Waals surface area contributed by atoms with Gasteiger partial charge in [-0.15, -0.1) is 0 Å². The van der Waals surface area contributed by atoms with Crippen molar-refractivity contribution in [1.29, 1.82) is 0 Å². The fraction of sp³-hybridized carbons (Fsp3) is 0.200. The zero-order valence-electron chi connectivity index (χ0n) is 8.45. The van der Waals surface area contributed by atoms with E-state index in [1.165, 1.54) is 6.92 Å². The molecule has 0 radical (unpaired) electrons. The maximum atomic E-state index is 11.2. The van der Waals surface area contributed by atoms with Crippen LogP contribution >= 0.6 is 11.6 Å². The van der Waals surface area contributed by atoms with Crippen molar-refractivity contribution < 1.29 is 9.63 Å². The molecule has 0 aliphatic heterocycles. The highest BCUT2D eigenvalue weighted by Crippen LogP contribution is 2.13. The smallest absolute Gasteiger partial charge is 0.297 e. The van der Waals surface area contributed by atoms with Crippen LogP contribution in [-0.4, -0.2) is 11.3 Å². The van der Waals surface area contributed by atoms with Gasteiger partial charge in [0, 0.05) is 5.69 Å². The van der Waals surface area contributed by atoms with Crippen LogP contribution < -0.4 is 5.32 Å². The minimum absolute atomic E-state index is 0.162. The number of hydrogen-bond donors (Lipinski definition) is 1. The van der Waals surface area contributed by atoms with Crippen LogP contribution in [0.25, 0.3) is 0 Å². The van der Waals surface area contributed by atoms with E-state index in [0.717, 1.165) is 5.56 Å². The van der Waals surface area contributed by atoms with E-state index in [9.17, 15) is 4.79 Å². The molecule has 1 amide bonds. The average Bonchev–Trinajstić information content (AvgIpc) is 2.18. The van der Waals surface area contributed by atoms with E-state index >= 15 is 0 Å². The number of carbonyl (C=O) groups is 1. The lowest BCUT2D eigenvalue weighted by molar-refractivity contribution is 0.167. The van der Waals surface area contributed by atoms with Crippen LogP contribution in [0.1, 0.15) is 12.5 Å². The molecule has 1 N–H and O–H groups in total.